The summed E-state index contributed by atoms with van der Waals surface area (Å²) in [6.45, 7) is 5.60. The Labute approximate surface area is 204 Å². The number of aryl methyl sites for hydroxylation is 1. The summed E-state index contributed by atoms with van der Waals surface area (Å²) in [5.41, 5.74) is 2.22. The van der Waals surface area contributed by atoms with Gasteiger partial charge in [0.15, 0.2) is 0 Å². The topological polar surface area (TPSA) is 70.1 Å². The Balaban J connectivity index is 2.06. The molecule has 33 heavy (non-hydrogen) atoms. The molecule has 7 heteroatoms. The van der Waals surface area contributed by atoms with Crippen LogP contribution in [0.5, 0.6) is 5.75 Å². The molecule has 0 radical (unpaired) electrons. The van der Waals surface area contributed by atoms with E-state index in [1.165, 1.54) is 0 Å². The maximum Gasteiger partial charge on any atom is 0.295 e. The molecule has 1 heterocycles. The van der Waals surface area contributed by atoms with Crippen LogP contribution >= 0.6 is 15.9 Å². The van der Waals surface area contributed by atoms with Gasteiger partial charge in [0.25, 0.3) is 11.7 Å². The number of hydrogen-bond donors (Lipinski definition) is 1. The number of ketones is 1. The standard InChI is InChI=1S/C26H31BrN2O4/c1-5-6-14-33-21-11-10-19(15-17(21)2)24(30)22-23(18-8-7-9-20(27)16-18)29(13-12-28(3)4)26(32)25(22)31/h7-11,15-16,23,30H,5-6,12-14H2,1-4H3/t23-/m0/s1. The number of benzene rings is 2. The average Bonchev–Trinajstić information content (AvgIpc) is 3.03. The average molecular weight is 515 g/mol. The summed E-state index contributed by atoms with van der Waals surface area (Å²) in [6, 6.07) is 12.2. The van der Waals surface area contributed by atoms with Gasteiger partial charge in [0.2, 0.25) is 0 Å². The molecule has 1 aliphatic rings. The van der Waals surface area contributed by atoms with Gasteiger partial charge < -0.3 is 19.6 Å². The fraction of sp³-hybridized carbons (Fsp3) is 0.385. The minimum atomic E-state index is -0.669. The number of likely N-dealkylation sites (N-methyl/N-ethyl adjacent to an activating group) is 1. The molecule has 0 unspecified atom stereocenters. The second-order valence-corrected chi connectivity index (χ2v) is 9.45. The summed E-state index contributed by atoms with van der Waals surface area (Å²) >= 11 is 3.48. The van der Waals surface area contributed by atoms with Crippen molar-refractivity contribution in [3.05, 3.63) is 69.2 Å². The molecule has 0 saturated carbocycles. The molecule has 2 aromatic carbocycles. The first-order valence-electron chi connectivity index (χ1n) is 11.2. The zero-order valence-electron chi connectivity index (χ0n) is 19.6. The number of hydrogen-bond acceptors (Lipinski definition) is 5. The van der Waals surface area contributed by atoms with Gasteiger partial charge in [-0.25, -0.2) is 0 Å². The van der Waals surface area contributed by atoms with E-state index in [4.69, 9.17) is 4.74 Å². The van der Waals surface area contributed by atoms with Crippen molar-refractivity contribution >= 4 is 33.4 Å². The van der Waals surface area contributed by atoms with Gasteiger partial charge in [0.1, 0.15) is 11.5 Å². The third-order valence-corrected chi connectivity index (χ3v) is 6.19. The molecule has 0 spiro atoms. The molecule has 1 aliphatic heterocycles. The summed E-state index contributed by atoms with van der Waals surface area (Å²) in [4.78, 5) is 29.6. The van der Waals surface area contributed by atoms with Crippen molar-refractivity contribution in [3.63, 3.8) is 0 Å². The molecule has 1 amide bonds. The number of nitrogens with zero attached hydrogens (tertiary/aromatic N) is 2. The predicted molar refractivity (Wildman–Crippen MR) is 133 cm³/mol. The van der Waals surface area contributed by atoms with Gasteiger partial charge in [0.05, 0.1) is 18.2 Å². The van der Waals surface area contributed by atoms with E-state index >= 15 is 0 Å². The van der Waals surface area contributed by atoms with Crippen molar-refractivity contribution in [2.45, 2.75) is 32.7 Å². The van der Waals surface area contributed by atoms with Crippen LogP contribution in [0.3, 0.4) is 0 Å². The molecule has 1 saturated heterocycles. The Morgan fingerprint density at radius 2 is 1.94 bits per heavy atom. The van der Waals surface area contributed by atoms with Crippen molar-refractivity contribution in [3.8, 4) is 5.75 Å². The van der Waals surface area contributed by atoms with Crippen LogP contribution in [0, 0.1) is 6.92 Å². The number of halogens is 1. The molecular formula is C26H31BrN2O4. The first-order chi connectivity index (χ1) is 15.7. The molecule has 1 atom stereocenters. The minimum absolute atomic E-state index is 0.107. The van der Waals surface area contributed by atoms with E-state index in [1.54, 1.807) is 23.1 Å². The van der Waals surface area contributed by atoms with Gasteiger partial charge >= 0.3 is 0 Å². The first kappa shape index (κ1) is 25.0. The van der Waals surface area contributed by atoms with Crippen LogP contribution in [-0.2, 0) is 9.59 Å². The lowest BCUT2D eigenvalue weighted by molar-refractivity contribution is -0.140. The molecule has 0 bridgehead atoms. The number of carbonyl (C=O) groups excluding carboxylic acids is 2. The summed E-state index contributed by atoms with van der Waals surface area (Å²) in [7, 11) is 3.83. The molecule has 0 aromatic heterocycles. The Morgan fingerprint density at radius 1 is 1.18 bits per heavy atom. The third-order valence-electron chi connectivity index (χ3n) is 5.70. The van der Waals surface area contributed by atoms with E-state index in [0.29, 0.717) is 25.3 Å². The van der Waals surface area contributed by atoms with Crippen molar-refractivity contribution in [1.29, 1.82) is 0 Å². The predicted octanol–water partition coefficient (Wildman–Crippen LogP) is 4.92. The zero-order valence-corrected chi connectivity index (χ0v) is 21.2. The fourth-order valence-electron chi connectivity index (χ4n) is 3.88. The minimum Gasteiger partial charge on any atom is -0.507 e. The van der Waals surface area contributed by atoms with Crippen molar-refractivity contribution in [1.82, 2.24) is 9.80 Å². The lowest BCUT2D eigenvalue weighted by Gasteiger charge is -2.26. The van der Waals surface area contributed by atoms with Crippen molar-refractivity contribution in [2.75, 3.05) is 33.8 Å². The Bertz CT molecular complexity index is 1060. The zero-order chi connectivity index (χ0) is 24.1. The van der Waals surface area contributed by atoms with Gasteiger partial charge in [-0.1, -0.05) is 41.4 Å². The van der Waals surface area contributed by atoms with E-state index in [0.717, 1.165) is 34.2 Å². The smallest absolute Gasteiger partial charge is 0.295 e. The van der Waals surface area contributed by atoms with Gasteiger partial charge in [-0.15, -0.1) is 0 Å². The van der Waals surface area contributed by atoms with E-state index in [1.807, 2.05) is 50.2 Å². The highest BCUT2D eigenvalue weighted by atomic mass is 79.9. The largest absolute Gasteiger partial charge is 0.507 e. The number of rotatable bonds is 9. The molecule has 3 rings (SSSR count). The number of likely N-dealkylation sites (tertiary alicyclic amines) is 1. The van der Waals surface area contributed by atoms with E-state index in [9.17, 15) is 14.7 Å². The number of ether oxygens (including phenoxy) is 1. The lowest BCUT2D eigenvalue weighted by Crippen LogP contribution is -2.35. The Morgan fingerprint density at radius 3 is 2.58 bits per heavy atom. The molecule has 6 nitrogen and oxygen atoms in total. The molecule has 0 aliphatic carbocycles. The quantitative estimate of drug-likeness (QED) is 0.222. The monoisotopic (exact) mass is 514 g/mol. The number of amides is 1. The number of aliphatic hydroxyl groups is 1. The summed E-state index contributed by atoms with van der Waals surface area (Å²) in [6.07, 6.45) is 2.01. The van der Waals surface area contributed by atoms with Crippen LogP contribution in [0.4, 0.5) is 0 Å². The second-order valence-electron chi connectivity index (χ2n) is 8.53. The van der Waals surface area contributed by atoms with Crippen LogP contribution < -0.4 is 4.74 Å². The van der Waals surface area contributed by atoms with Gasteiger partial charge in [-0.05, 0) is 68.9 Å². The van der Waals surface area contributed by atoms with Crippen LogP contribution in [0.1, 0.15) is 42.5 Å². The second kappa shape index (κ2) is 11.0. The van der Waals surface area contributed by atoms with E-state index < -0.39 is 17.7 Å². The fourth-order valence-corrected chi connectivity index (χ4v) is 4.30. The third kappa shape index (κ3) is 5.65. The van der Waals surface area contributed by atoms with Gasteiger partial charge in [-0.3, -0.25) is 9.59 Å². The summed E-state index contributed by atoms with van der Waals surface area (Å²) in [5.74, 6) is -0.694. The van der Waals surface area contributed by atoms with Crippen LogP contribution in [0.2, 0.25) is 0 Å². The Hall–Kier alpha value is -2.64. The highest BCUT2D eigenvalue weighted by molar-refractivity contribution is 9.10. The van der Waals surface area contributed by atoms with Crippen LogP contribution in [0.25, 0.3) is 5.76 Å². The number of unbranched alkanes of at least 4 members (excludes halogenated alkanes) is 1. The maximum absolute atomic E-state index is 13.1. The molecule has 1 N–H and O–H groups in total. The van der Waals surface area contributed by atoms with Gasteiger partial charge in [-0.2, -0.15) is 0 Å². The number of aliphatic hydroxyl groups excluding tert-OH is 1. The SMILES string of the molecule is CCCCOc1ccc(C(O)=C2C(=O)C(=O)N(CCN(C)C)[C@H]2c2cccc(Br)c2)cc1C. The lowest BCUT2D eigenvalue weighted by atomic mass is 9.95. The summed E-state index contributed by atoms with van der Waals surface area (Å²) in [5, 5.41) is 11.3. The van der Waals surface area contributed by atoms with Crippen LogP contribution in [-0.4, -0.2) is 60.4 Å². The van der Waals surface area contributed by atoms with E-state index in [2.05, 4.69) is 22.9 Å². The molecule has 2 aromatic rings. The van der Waals surface area contributed by atoms with Crippen molar-refractivity contribution < 1.29 is 19.4 Å². The highest BCUT2D eigenvalue weighted by Gasteiger charge is 2.45. The number of Topliss-reactive ketones (excluding diaryl/α,β-unsaturated/α-hetero) is 1. The summed E-state index contributed by atoms with van der Waals surface area (Å²) < 4.78 is 6.65. The maximum atomic E-state index is 13.1. The molecular weight excluding hydrogens is 484 g/mol. The highest BCUT2D eigenvalue weighted by Crippen LogP contribution is 2.40. The molecule has 1 fully saturated rings. The first-order valence-corrected chi connectivity index (χ1v) is 12.0. The molecule has 176 valence electrons. The van der Waals surface area contributed by atoms with Crippen molar-refractivity contribution in [2.24, 2.45) is 0 Å². The normalized spacial score (nSPS) is 17.8. The van der Waals surface area contributed by atoms with E-state index in [-0.39, 0.29) is 11.3 Å². The van der Waals surface area contributed by atoms with Gasteiger partial charge in [0, 0.05) is 23.1 Å². The van der Waals surface area contributed by atoms with Crippen LogP contribution in [0.15, 0.2) is 52.5 Å². The number of carbonyl (C=O) groups is 2. The Kier molecular flexibility index (Phi) is 8.32.